The second-order valence-electron chi connectivity index (χ2n) is 4.70. The maximum Gasteiger partial charge on any atom is 0.119 e. The predicted molar refractivity (Wildman–Crippen MR) is 84.4 cm³/mol. The van der Waals surface area contributed by atoms with Gasteiger partial charge < -0.3 is 10.1 Å². The number of ether oxygens (including phenoxy) is 1. The Labute approximate surface area is 125 Å². The number of nitrogens with zero attached hydrogens (tertiary/aromatic N) is 1. The maximum atomic E-state index is 5.44. The molecule has 2 aromatic rings. The number of hydrogen-bond donors (Lipinski definition) is 1. The quantitative estimate of drug-likeness (QED) is 0.838. The van der Waals surface area contributed by atoms with Gasteiger partial charge in [0.25, 0.3) is 0 Å². The first-order chi connectivity index (χ1) is 9.72. The van der Waals surface area contributed by atoms with Crippen LogP contribution in [0.2, 0.25) is 0 Å². The Bertz CT molecular complexity index is 522. The molecule has 20 heavy (non-hydrogen) atoms. The normalized spacial score (nSPS) is 12.3. The molecule has 1 aromatic carbocycles. The van der Waals surface area contributed by atoms with Gasteiger partial charge >= 0.3 is 0 Å². The Morgan fingerprint density at radius 3 is 2.60 bits per heavy atom. The van der Waals surface area contributed by atoms with Crippen LogP contribution in [0, 0.1) is 0 Å². The predicted octanol–water partition coefficient (Wildman–Crippen LogP) is 3.96. The minimum atomic E-state index is 0.284. The fourth-order valence-electron chi connectivity index (χ4n) is 1.91. The molecule has 3 nitrogen and oxygen atoms in total. The monoisotopic (exact) mass is 290 g/mol. The van der Waals surface area contributed by atoms with E-state index in [4.69, 9.17) is 4.74 Å². The molecule has 0 spiro atoms. The molecular weight excluding hydrogens is 268 g/mol. The lowest BCUT2D eigenvalue weighted by Gasteiger charge is -2.11. The van der Waals surface area contributed by atoms with Gasteiger partial charge in [0.15, 0.2) is 0 Å². The molecule has 0 saturated heterocycles. The van der Waals surface area contributed by atoms with Crippen LogP contribution in [0.5, 0.6) is 5.75 Å². The molecule has 0 fully saturated rings. The third kappa shape index (κ3) is 4.05. The number of nitrogens with one attached hydrogen (secondary N) is 1. The Morgan fingerprint density at radius 2 is 2.00 bits per heavy atom. The Hall–Kier alpha value is -1.39. The minimum absolute atomic E-state index is 0.284. The van der Waals surface area contributed by atoms with Crippen LogP contribution in [0.4, 0.5) is 0 Å². The van der Waals surface area contributed by atoms with E-state index in [1.807, 2.05) is 25.3 Å². The molecule has 0 amide bonds. The highest BCUT2D eigenvalue weighted by Crippen LogP contribution is 2.21. The average Bonchev–Trinajstić information content (AvgIpc) is 2.95. The van der Waals surface area contributed by atoms with E-state index >= 15 is 0 Å². The van der Waals surface area contributed by atoms with Crippen LogP contribution in [-0.2, 0) is 13.0 Å². The SMILES string of the molecule is CCOc1ccc(CNC(C)c2ncc(CC)s2)cc1. The van der Waals surface area contributed by atoms with Crippen molar-refractivity contribution in [2.45, 2.75) is 39.8 Å². The van der Waals surface area contributed by atoms with E-state index in [1.54, 1.807) is 11.3 Å². The number of thiazole rings is 1. The molecule has 0 saturated carbocycles. The van der Waals surface area contributed by atoms with Gasteiger partial charge in [-0.3, -0.25) is 0 Å². The first-order valence-corrected chi connectivity index (χ1v) is 7.94. The molecule has 2 rings (SSSR count). The van der Waals surface area contributed by atoms with Crippen LogP contribution in [0.1, 0.15) is 42.3 Å². The molecule has 1 unspecified atom stereocenters. The van der Waals surface area contributed by atoms with Gasteiger partial charge in [-0.15, -0.1) is 11.3 Å². The van der Waals surface area contributed by atoms with Crippen LogP contribution in [-0.4, -0.2) is 11.6 Å². The summed E-state index contributed by atoms with van der Waals surface area (Å²) in [5, 5.41) is 4.67. The van der Waals surface area contributed by atoms with Crippen molar-refractivity contribution in [3.8, 4) is 5.75 Å². The van der Waals surface area contributed by atoms with E-state index in [9.17, 15) is 0 Å². The van der Waals surface area contributed by atoms with E-state index in [0.717, 1.165) is 23.7 Å². The van der Waals surface area contributed by atoms with Crippen molar-refractivity contribution in [2.24, 2.45) is 0 Å². The summed E-state index contributed by atoms with van der Waals surface area (Å²) in [6.45, 7) is 7.87. The van der Waals surface area contributed by atoms with Crippen LogP contribution in [0.25, 0.3) is 0 Å². The number of rotatable bonds is 7. The van der Waals surface area contributed by atoms with Crippen molar-refractivity contribution in [1.29, 1.82) is 0 Å². The van der Waals surface area contributed by atoms with E-state index in [1.165, 1.54) is 10.4 Å². The van der Waals surface area contributed by atoms with Crippen LogP contribution >= 0.6 is 11.3 Å². The Morgan fingerprint density at radius 1 is 1.25 bits per heavy atom. The first kappa shape index (κ1) is 15.0. The molecule has 108 valence electrons. The molecule has 0 radical (unpaired) electrons. The molecule has 0 aliphatic rings. The van der Waals surface area contributed by atoms with Crippen LogP contribution in [0.3, 0.4) is 0 Å². The zero-order valence-electron chi connectivity index (χ0n) is 12.3. The Balaban J connectivity index is 1.87. The Kier molecular flexibility index (Phi) is 5.56. The lowest BCUT2D eigenvalue weighted by Crippen LogP contribution is -2.17. The lowest BCUT2D eigenvalue weighted by atomic mass is 10.2. The zero-order chi connectivity index (χ0) is 14.4. The summed E-state index contributed by atoms with van der Waals surface area (Å²) in [6.07, 6.45) is 3.04. The summed E-state index contributed by atoms with van der Waals surface area (Å²) in [4.78, 5) is 5.82. The van der Waals surface area contributed by atoms with Crippen molar-refractivity contribution < 1.29 is 4.74 Å². The fourth-order valence-corrected chi connectivity index (χ4v) is 2.80. The van der Waals surface area contributed by atoms with Crippen molar-refractivity contribution >= 4 is 11.3 Å². The summed E-state index contributed by atoms with van der Waals surface area (Å²) in [5.74, 6) is 0.928. The third-order valence-corrected chi connectivity index (χ3v) is 4.46. The first-order valence-electron chi connectivity index (χ1n) is 7.12. The summed E-state index contributed by atoms with van der Waals surface area (Å²) in [6, 6.07) is 8.52. The standard InChI is InChI=1S/C16H22N2OS/c1-4-15-11-18-16(20-15)12(3)17-10-13-6-8-14(9-7-13)19-5-2/h6-9,11-12,17H,4-5,10H2,1-3H3. The van der Waals surface area contributed by atoms with E-state index in [-0.39, 0.29) is 6.04 Å². The van der Waals surface area contributed by atoms with Gasteiger partial charge in [-0.2, -0.15) is 0 Å². The van der Waals surface area contributed by atoms with Gasteiger partial charge in [-0.1, -0.05) is 19.1 Å². The highest BCUT2D eigenvalue weighted by molar-refractivity contribution is 7.11. The van der Waals surface area contributed by atoms with Gasteiger partial charge in [0, 0.05) is 17.6 Å². The lowest BCUT2D eigenvalue weighted by molar-refractivity contribution is 0.340. The molecule has 0 aliphatic carbocycles. The van der Waals surface area contributed by atoms with Gasteiger partial charge in [0.05, 0.1) is 12.6 Å². The minimum Gasteiger partial charge on any atom is -0.494 e. The molecule has 0 bridgehead atoms. The van der Waals surface area contributed by atoms with Gasteiger partial charge in [-0.05, 0) is 38.0 Å². The van der Waals surface area contributed by atoms with Gasteiger partial charge in [0.1, 0.15) is 10.8 Å². The molecule has 0 aliphatic heterocycles. The van der Waals surface area contributed by atoms with Crippen molar-refractivity contribution in [1.82, 2.24) is 10.3 Å². The number of benzene rings is 1. The van der Waals surface area contributed by atoms with E-state index < -0.39 is 0 Å². The average molecular weight is 290 g/mol. The molecule has 1 heterocycles. The smallest absolute Gasteiger partial charge is 0.119 e. The summed E-state index contributed by atoms with van der Waals surface area (Å²) >= 11 is 1.79. The van der Waals surface area contributed by atoms with Crippen LogP contribution in [0.15, 0.2) is 30.5 Å². The zero-order valence-corrected chi connectivity index (χ0v) is 13.2. The van der Waals surface area contributed by atoms with E-state index in [2.05, 4.69) is 36.3 Å². The molecule has 1 atom stereocenters. The van der Waals surface area contributed by atoms with Crippen molar-refractivity contribution in [3.05, 3.63) is 45.9 Å². The third-order valence-electron chi connectivity index (χ3n) is 3.14. The number of aromatic nitrogens is 1. The maximum absolute atomic E-state index is 5.44. The second-order valence-corrected chi connectivity index (χ2v) is 5.84. The topological polar surface area (TPSA) is 34.1 Å². The summed E-state index contributed by atoms with van der Waals surface area (Å²) < 4.78 is 5.44. The molecular formula is C16H22N2OS. The van der Waals surface area contributed by atoms with Crippen molar-refractivity contribution in [3.63, 3.8) is 0 Å². The second kappa shape index (κ2) is 7.41. The largest absolute Gasteiger partial charge is 0.494 e. The fraction of sp³-hybridized carbons (Fsp3) is 0.438. The number of aryl methyl sites for hydroxylation is 1. The number of hydrogen-bond acceptors (Lipinski definition) is 4. The highest BCUT2D eigenvalue weighted by atomic mass is 32.1. The molecule has 1 N–H and O–H groups in total. The van der Waals surface area contributed by atoms with Gasteiger partial charge in [0.2, 0.25) is 0 Å². The summed E-state index contributed by atoms with van der Waals surface area (Å²) in [5.41, 5.74) is 1.26. The van der Waals surface area contributed by atoms with Crippen molar-refractivity contribution in [2.75, 3.05) is 6.61 Å². The van der Waals surface area contributed by atoms with Crippen LogP contribution < -0.4 is 10.1 Å². The summed E-state index contributed by atoms with van der Waals surface area (Å²) in [7, 11) is 0. The molecule has 1 aromatic heterocycles. The highest BCUT2D eigenvalue weighted by Gasteiger charge is 2.09. The van der Waals surface area contributed by atoms with E-state index in [0.29, 0.717) is 6.61 Å². The van der Waals surface area contributed by atoms with Gasteiger partial charge in [-0.25, -0.2) is 4.98 Å². The molecule has 4 heteroatoms.